The zero-order valence-corrected chi connectivity index (χ0v) is 33.3. The molecule has 0 aliphatic carbocycles. The van der Waals surface area contributed by atoms with Gasteiger partial charge in [-0.1, -0.05) is 48.5 Å². The number of fused-ring (bicyclic) bond motifs is 6. The van der Waals surface area contributed by atoms with Crippen LogP contribution in [-0.2, 0) is 0 Å². The van der Waals surface area contributed by atoms with Gasteiger partial charge in [-0.25, -0.2) is 0 Å². The second kappa shape index (κ2) is 15.1. The Morgan fingerprint density at radius 1 is 0.359 bits per heavy atom. The van der Waals surface area contributed by atoms with Crippen molar-refractivity contribution in [2.75, 3.05) is 0 Å². The predicted molar refractivity (Wildman–Crippen MR) is 242 cm³/mol. The fraction of sp³-hybridized carbons (Fsp3) is 0. The van der Waals surface area contributed by atoms with Crippen LogP contribution in [0.5, 0.6) is 0 Å². The number of aromatic nitrogens is 3. The molecule has 0 aliphatic rings. The molecule has 10 aromatic rings. The van der Waals surface area contributed by atoms with E-state index in [1.54, 1.807) is 18.5 Å². The molecule has 0 unspecified atom stereocenters. The Bertz CT molecular complexity index is 3930. The molecule has 0 spiro atoms. The molecular formula is C54H24N10. The lowest BCUT2D eigenvalue weighted by Gasteiger charge is -2.18. The van der Waals surface area contributed by atoms with Crippen LogP contribution in [0.15, 0.2) is 146 Å². The molecule has 10 nitrogen and oxygen atoms in total. The molecule has 0 bridgehead atoms. The minimum Gasteiger partial charge on any atom is -0.309 e. The maximum Gasteiger partial charge on any atom is 0.0999 e. The van der Waals surface area contributed by atoms with Crippen LogP contribution in [0.3, 0.4) is 0 Å². The summed E-state index contributed by atoms with van der Waals surface area (Å²) in [6.07, 6.45) is 3.52. The Balaban J connectivity index is 1.22. The van der Waals surface area contributed by atoms with Gasteiger partial charge in [-0.05, 0) is 96.1 Å². The first kappa shape index (κ1) is 38.0. The summed E-state index contributed by atoms with van der Waals surface area (Å²) in [6, 6.07) is 56.3. The van der Waals surface area contributed by atoms with Gasteiger partial charge in [-0.15, -0.1) is 0 Å². The molecule has 3 aromatic heterocycles. The Kier molecular flexibility index (Phi) is 8.94. The van der Waals surface area contributed by atoms with Crippen molar-refractivity contribution in [2.24, 2.45) is 0 Å². The summed E-state index contributed by atoms with van der Waals surface area (Å²) in [5.41, 5.74) is 10.6. The number of nitriles is 7. The minimum absolute atomic E-state index is 0.228. The number of hydrogen-bond acceptors (Lipinski definition) is 8. The maximum atomic E-state index is 10.3. The van der Waals surface area contributed by atoms with Gasteiger partial charge in [0.05, 0.1) is 115 Å². The molecule has 0 radical (unpaired) electrons. The van der Waals surface area contributed by atoms with Crippen molar-refractivity contribution in [1.29, 1.82) is 36.8 Å². The Morgan fingerprint density at radius 3 is 1.25 bits per heavy atom. The molecule has 64 heavy (non-hydrogen) atoms. The quantitative estimate of drug-likeness (QED) is 0.164. The van der Waals surface area contributed by atoms with Gasteiger partial charge in [0.25, 0.3) is 0 Å². The summed E-state index contributed by atoms with van der Waals surface area (Å²) in [7, 11) is 0. The average molecular weight is 813 g/mol. The van der Waals surface area contributed by atoms with Gasteiger partial charge in [-0.2, -0.15) is 36.8 Å². The molecule has 0 N–H and O–H groups in total. The van der Waals surface area contributed by atoms with Crippen molar-refractivity contribution in [3.05, 3.63) is 185 Å². The molecule has 10 rings (SSSR count). The highest BCUT2D eigenvalue weighted by Gasteiger charge is 2.23. The lowest BCUT2D eigenvalue weighted by atomic mass is 9.92. The third-order valence-electron chi connectivity index (χ3n) is 11.6. The highest BCUT2D eigenvalue weighted by atomic mass is 15.0. The van der Waals surface area contributed by atoms with Gasteiger partial charge in [0, 0.05) is 56.2 Å². The Morgan fingerprint density at radius 2 is 0.797 bits per heavy atom. The molecule has 0 fully saturated rings. The smallest absolute Gasteiger partial charge is 0.0999 e. The number of hydrogen-bond donors (Lipinski definition) is 0. The van der Waals surface area contributed by atoms with E-state index in [0.717, 1.165) is 66.1 Å². The molecule has 0 saturated carbocycles. The van der Waals surface area contributed by atoms with Crippen LogP contribution >= 0.6 is 0 Å². The van der Waals surface area contributed by atoms with E-state index in [4.69, 9.17) is 0 Å². The highest BCUT2D eigenvalue weighted by molar-refractivity contribution is 6.13. The molecule has 0 amide bonds. The summed E-state index contributed by atoms with van der Waals surface area (Å²) >= 11 is 0. The monoisotopic (exact) mass is 812 g/mol. The van der Waals surface area contributed by atoms with Gasteiger partial charge in [-0.3, -0.25) is 4.98 Å². The zero-order chi connectivity index (χ0) is 44.1. The molecule has 3 heterocycles. The van der Waals surface area contributed by atoms with E-state index >= 15 is 0 Å². The second-order valence-corrected chi connectivity index (χ2v) is 15.0. The lowest BCUT2D eigenvalue weighted by Crippen LogP contribution is -2.02. The van der Waals surface area contributed by atoms with Gasteiger partial charge in [0.15, 0.2) is 0 Å². The van der Waals surface area contributed by atoms with Crippen molar-refractivity contribution in [3.63, 3.8) is 0 Å². The maximum absolute atomic E-state index is 10.3. The third-order valence-corrected chi connectivity index (χ3v) is 11.6. The number of nitrogens with zero attached hydrogens (tertiary/aromatic N) is 10. The summed E-state index contributed by atoms with van der Waals surface area (Å²) in [6.45, 7) is 0. The summed E-state index contributed by atoms with van der Waals surface area (Å²) < 4.78 is 4.30. The van der Waals surface area contributed by atoms with E-state index in [2.05, 4.69) is 44.5 Å². The Hall–Kier alpha value is -10.3. The van der Waals surface area contributed by atoms with Crippen LogP contribution in [0.25, 0.3) is 88.4 Å². The van der Waals surface area contributed by atoms with Crippen LogP contribution in [0, 0.1) is 79.3 Å². The van der Waals surface area contributed by atoms with E-state index in [0.29, 0.717) is 27.8 Å². The number of benzene rings is 7. The van der Waals surface area contributed by atoms with Crippen molar-refractivity contribution in [3.8, 4) is 87.2 Å². The minimum atomic E-state index is 0.228. The first-order valence-electron chi connectivity index (χ1n) is 19.8. The van der Waals surface area contributed by atoms with Crippen LogP contribution in [-0.4, -0.2) is 14.1 Å². The van der Waals surface area contributed by atoms with E-state index in [1.165, 1.54) is 24.3 Å². The van der Waals surface area contributed by atoms with Gasteiger partial charge in [0.2, 0.25) is 0 Å². The van der Waals surface area contributed by atoms with Crippen LogP contribution in [0.1, 0.15) is 38.9 Å². The van der Waals surface area contributed by atoms with E-state index < -0.39 is 0 Å². The largest absolute Gasteiger partial charge is 0.309 e. The summed E-state index contributed by atoms with van der Waals surface area (Å²) in [4.78, 5) is 4.63. The number of pyridine rings is 1. The SMILES string of the molecule is N#Cc1cc(C#N)c(-c2ccc3c(c2)c2ccccc2n3-c2ccncc2-c2cc(C#N)ccc2-n2c3ccccc3c3cc(-c4c(C#N)cc(C#N)cc4C#N)ccc32)c(C#N)c1. The van der Waals surface area contributed by atoms with Crippen molar-refractivity contribution >= 4 is 43.6 Å². The van der Waals surface area contributed by atoms with Crippen molar-refractivity contribution in [1.82, 2.24) is 14.1 Å². The number of para-hydroxylation sites is 2. The normalized spacial score (nSPS) is 10.7. The Labute approximate surface area is 365 Å². The summed E-state index contributed by atoms with van der Waals surface area (Å²) in [5, 5.41) is 73.6. The third kappa shape index (κ3) is 5.78. The van der Waals surface area contributed by atoms with E-state index in [9.17, 15) is 36.8 Å². The van der Waals surface area contributed by atoms with Crippen molar-refractivity contribution < 1.29 is 0 Å². The zero-order valence-electron chi connectivity index (χ0n) is 33.3. The molecular weight excluding hydrogens is 789 g/mol. The number of rotatable bonds is 5. The van der Waals surface area contributed by atoms with E-state index in [1.807, 2.05) is 115 Å². The van der Waals surface area contributed by atoms with Gasteiger partial charge in [0.1, 0.15) is 0 Å². The topological polar surface area (TPSA) is 189 Å². The van der Waals surface area contributed by atoms with Crippen molar-refractivity contribution in [2.45, 2.75) is 0 Å². The molecule has 7 aromatic carbocycles. The second-order valence-electron chi connectivity index (χ2n) is 15.0. The van der Waals surface area contributed by atoms with E-state index in [-0.39, 0.29) is 33.4 Å². The van der Waals surface area contributed by atoms with Gasteiger partial charge < -0.3 is 9.13 Å². The lowest BCUT2D eigenvalue weighted by molar-refractivity contribution is 1.14. The first-order chi connectivity index (χ1) is 31.4. The standard InChI is InChI=1S/C54H24N10/c55-24-32-9-12-49(63-47-7-3-1-5-41(47)44-22-35(10-13-50(44)63)53-37(27-58)17-33(25-56)18-38(53)28-59)43(21-32)46-31-62-16-15-52(46)64-48-8-4-2-6-42(48)45-23-36(11-14-51(45)64)54-39(29-60)19-34(26-57)20-40(54)30-61/h1-23,31H. The molecule has 0 aliphatic heterocycles. The molecule has 10 heteroatoms. The first-order valence-corrected chi connectivity index (χ1v) is 19.8. The van der Waals surface area contributed by atoms with Gasteiger partial charge >= 0.3 is 0 Å². The predicted octanol–water partition coefficient (Wildman–Crippen LogP) is 11.4. The van der Waals surface area contributed by atoms with Crippen LogP contribution < -0.4 is 0 Å². The summed E-state index contributed by atoms with van der Waals surface area (Å²) in [5.74, 6) is 0. The fourth-order valence-electron chi connectivity index (χ4n) is 8.97. The fourth-order valence-corrected chi connectivity index (χ4v) is 8.97. The average Bonchev–Trinajstić information content (AvgIpc) is 3.87. The molecule has 290 valence electrons. The highest BCUT2D eigenvalue weighted by Crippen LogP contribution is 2.43. The molecule has 0 atom stereocenters. The van der Waals surface area contributed by atoms with Crippen LogP contribution in [0.4, 0.5) is 0 Å². The molecule has 0 saturated heterocycles. The van der Waals surface area contributed by atoms with Crippen LogP contribution in [0.2, 0.25) is 0 Å².